The van der Waals surface area contributed by atoms with Crippen LogP contribution in [-0.4, -0.2) is 16.7 Å². The van der Waals surface area contributed by atoms with Gasteiger partial charge in [-0.2, -0.15) is 0 Å². The van der Waals surface area contributed by atoms with E-state index < -0.39 is 0 Å². The average molecular weight is 626 g/mol. The summed E-state index contributed by atoms with van der Waals surface area (Å²) in [5.74, 6) is 1.09. The van der Waals surface area contributed by atoms with E-state index in [1.54, 1.807) is 0 Å². The van der Waals surface area contributed by atoms with Crippen molar-refractivity contribution in [1.29, 1.82) is 0 Å². The van der Waals surface area contributed by atoms with Crippen LogP contribution in [0.2, 0.25) is 0 Å². The summed E-state index contributed by atoms with van der Waals surface area (Å²) >= 11 is 0. The molecule has 9 rings (SSSR count). The zero-order valence-electron chi connectivity index (χ0n) is 27.9. The Morgan fingerprint density at radius 3 is 2.56 bits per heavy atom. The molecule has 0 bridgehead atoms. The van der Waals surface area contributed by atoms with Crippen LogP contribution in [-0.2, 0) is 6.42 Å². The van der Waals surface area contributed by atoms with Crippen LogP contribution in [0.5, 0.6) is 0 Å². The minimum Gasteiger partial charge on any atom is -0.373 e. The van der Waals surface area contributed by atoms with Crippen molar-refractivity contribution in [2.45, 2.75) is 76.7 Å². The van der Waals surface area contributed by atoms with Crippen LogP contribution in [0.3, 0.4) is 0 Å². The molecule has 0 saturated carbocycles. The van der Waals surface area contributed by atoms with Crippen molar-refractivity contribution < 1.29 is 0 Å². The number of fused-ring (bicyclic) bond motifs is 4. The number of rotatable bonds is 5. The lowest BCUT2D eigenvalue weighted by atomic mass is 9.73. The van der Waals surface area contributed by atoms with E-state index in [2.05, 4.69) is 122 Å². The predicted octanol–water partition coefficient (Wildman–Crippen LogP) is 8.89. The summed E-state index contributed by atoms with van der Waals surface area (Å²) in [6.45, 7) is 2.33. The fourth-order valence-electron chi connectivity index (χ4n) is 8.92. The van der Waals surface area contributed by atoms with E-state index in [1.165, 1.54) is 72.8 Å². The van der Waals surface area contributed by atoms with E-state index in [0.29, 0.717) is 11.8 Å². The van der Waals surface area contributed by atoms with Crippen LogP contribution in [0.25, 0.3) is 33.7 Å². The molecule has 3 atom stereocenters. The van der Waals surface area contributed by atoms with Crippen molar-refractivity contribution in [2.24, 2.45) is 10.9 Å². The van der Waals surface area contributed by atoms with Crippen molar-refractivity contribution in [1.82, 2.24) is 10.3 Å². The van der Waals surface area contributed by atoms with Crippen LogP contribution in [0.4, 0.5) is 0 Å². The van der Waals surface area contributed by atoms with Gasteiger partial charge in [-0.05, 0) is 119 Å². The summed E-state index contributed by atoms with van der Waals surface area (Å²) in [5, 5.41) is 6.40. The molecule has 0 amide bonds. The molecule has 4 aliphatic carbocycles. The molecular formula is C45H43N3. The van der Waals surface area contributed by atoms with Gasteiger partial charge in [0.15, 0.2) is 0 Å². The monoisotopic (exact) mass is 625 g/mol. The number of nitrogens with zero attached hydrogens (tertiary/aromatic N) is 2. The van der Waals surface area contributed by atoms with Crippen molar-refractivity contribution in [3.8, 4) is 11.1 Å². The quantitative estimate of drug-likeness (QED) is 0.288. The summed E-state index contributed by atoms with van der Waals surface area (Å²) in [5.41, 5.74) is 15.9. The number of hydrogen-bond donors (Lipinski definition) is 1. The second kappa shape index (κ2) is 12.4. The average Bonchev–Trinajstić information content (AvgIpc) is 3.17. The highest BCUT2D eigenvalue weighted by Crippen LogP contribution is 2.47. The molecule has 2 aromatic carbocycles. The van der Waals surface area contributed by atoms with E-state index >= 15 is 0 Å². The summed E-state index contributed by atoms with van der Waals surface area (Å²) in [6, 6.07) is 18.3. The molecule has 3 heteroatoms. The van der Waals surface area contributed by atoms with Crippen molar-refractivity contribution >= 4 is 28.3 Å². The Morgan fingerprint density at radius 1 is 0.833 bits per heavy atom. The molecule has 3 heterocycles. The minimum absolute atomic E-state index is 0.181. The van der Waals surface area contributed by atoms with Gasteiger partial charge in [-0.15, -0.1) is 0 Å². The largest absolute Gasteiger partial charge is 0.373 e. The zero-order chi connectivity index (χ0) is 32.0. The van der Waals surface area contributed by atoms with Crippen LogP contribution < -0.4 is 15.8 Å². The fourth-order valence-corrected chi connectivity index (χ4v) is 8.92. The molecule has 0 spiro atoms. The molecule has 1 aromatic heterocycles. The van der Waals surface area contributed by atoms with Gasteiger partial charge in [0, 0.05) is 11.4 Å². The maximum absolute atomic E-state index is 5.34. The maximum atomic E-state index is 5.34. The normalized spacial score (nSPS) is 23.9. The number of aliphatic imine (C=N–C) groups is 1. The first kappa shape index (κ1) is 29.4. The van der Waals surface area contributed by atoms with Crippen molar-refractivity contribution in [2.75, 3.05) is 0 Å². The molecule has 0 radical (unpaired) electrons. The molecule has 0 fully saturated rings. The Morgan fingerprint density at radius 2 is 1.71 bits per heavy atom. The topological polar surface area (TPSA) is 37.3 Å². The first-order valence-corrected chi connectivity index (χ1v) is 18.2. The van der Waals surface area contributed by atoms with E-state index in [9.17, 15) is 0 Å². The molecule has 6 aliphatic rings. The Kier molecular flexibility index (Phi) is 7.57. The lowest BCUT2D eigenvalue weighted by Gasteiger charge is -2.32. The fraction of sp³-hybridized carbons (Fsp3) is 0.289. The van der Waals surface area contributed by atoms with Gasteiger partial charge in [0.2, 0.25) is 0 Å². The van der Waals surface area contributed by atoms with E-state index in [1.807, 2.05) is 0 Å². The molecule has 1 N–H and O–H groups in total. The Hall–Kier alpha value is -4.76. The number of nitrogens with one attached hydrogen (secondary N) is 1. The van der Waals surface area contributed by atoms with Gasteiger partial charge < -0.3 is 5.32 Å². The standard InChI is InChI=1S/C45H43N3/c1-2-29-14-10-15-32-26-27-37-43(38(28-46-45(37)42(29)32)30-12-4-3-5-13-30)33-24-22-31(23-25-33)39-20-11-21-41(47-39)44-36-18-7-6-16-34(36)35-17-8-9-19-40(35)48-44/h3-4,6-10,15-20,22-25,28-30,40,48H,2,5,11-14,21,26-27H2,1H3. The highest BCUT2D eigenvalue weighted by atomic mass is 15.0. The lowest BCUT2D eigenvalue weighted by Crippen LogP contribution is -2.47. The highest BCUT2D eigenvalue weighted by Gasteiger charge is 2.31. The summed E-state index contributed by atoms with van der Waals surface area (Å²) < 4.78 is 0. The summed E-state index contributed by atoms with van der Waals surface area (Å²) in [6.07, 6.45) is 32.7. The SMILES string of the molecule is CCC1CC=CC2=C1c1ncc(C3CC=CCC3)c(-c3ccc(C4=CCCC(C5=c6ccccc6=C6C=CC=CC6N5)=N4)cc3)c1CC2. The number of hydrogen-bond acceptors (Lipinski definition) is 3. The van der Waals surface area contributed by atoms with Crippen molar-refractivity contribution in [3.63, 3.8) is 0 Å². The minimum atomic E-state index is 0.181. The van der Waals surface area contributed by atoms with Gasteiger partial charge in [0.25, 0.3) is 0 Å². The highest BCUT2D eigenvalue weighted by molar-refractivity contribution is 6.20. The van der Waals surface area contributed by atoms with Crippen molar-refractivity contribution in [3.05, 3.63) is 148 Å². The van der Waals surface area contributed by atoms with E-state index in [-0.39, 0.29) is 6.04 Å². The molecule has 2 aliphatic heterocycles. The van der Waals surface area contributed by atoms with Crippen LogP contribution in [0.15, 0.2) is 120 Å². The van der Waals surface area contributed by atoms with E-state index in [0.717, 1.165) is 62.8 Å². The van der Waals surface area contributed by atoms with Gasteiger partial charge in [-0.3, -0.25) is 9.98 Å². The van der Waals surface area contributed by atoms with Gasteiger partial charge in [0.05, 0.1) is 28.8 Å². The first-order chi connectivity index (χ1) is 23.8. The number of aromatic nitrogens is 1. The molecule has 0 saturated heterocycles. The summed E-state index contributed by atoms with van der Waals surface area (Å²) in [4.78, 5) is 10.6. The van der Waals surface area contributed by atoms with Crippen LogP contribution >= 0.6 is 0 Å². The van der Waals surface area contributed by atoms with Crippen LogP contribution in [0, 0.1) is 5.92 Å². The molecule has 3 nitrogen and oxygen atoms in total. The number of pyridine rings is 1. The second-order valence-electron chi connectivity index (χ2n) is 14.1. The Bertz CT molecular complexity index is 2150. The predicted molar refractivity (Wildman–Crippen MR) is 201 cm³/mol. The van der Waals surface area contributed by atoms with Gasteiger partial charge >= 0.3 is 0 Å². The van der Waals surface area contributed by atoms with Crippen LogP contribution in [0.1, 0.15) is 86.6 Å². The number of benzene rings is 2. The molecule has 48 heavy (non-hydrogen) atoms. The molecule has 3 aromatic rings. The number of allylic oxidation sites excluding steroid dienone is 9. The Balaban J connectivity index is 1.11. The maximum Gasteiger partial charge on any atom is 0.0707 e. The van der Waals surface area contributed by atoms with Gasteiger partial charge in [0.1, 0.15) is 0 Å². The summed E-state index contributed by atoms with van der Waals surface area (Å²) in [7, 11) is 0. The first-order valence-electron chi connectivity index (χ1n) is 18.2. The lowest BCUT2D eigenvalue weighted by molar-refractivity contribution is 0.612. The third-order valence-electron chi connectivity index (χ3n) is 11.4. The third kappa shape index (κ3) is 5.03. The van der Waals surface area contributed by atoms with Gasteiger partial charge in [-0.25, -0.2) is 0 Å². The smallest absolute Gasteiger partial charge is 0.0707 e. The molecule has 238 valence electrons. The third-order valence-corrected chi connectivity index (χ3v) is 11.4. The Labute approximate surface area is 284 Å². The zero-order valence-corrected chi connectivity index (χ0v) is 27.9. The van der Waals surface area contributed by atoms with E-state index in [4.69, 9.17) is 9.98 Å². The molecular weight excluding hydrogens is 583 g/mol. The molecule has 3 unspecified atom stereocenters. The van der Waals surface area contributed by atoms with Gasteiger partial charge in [-0.1, -0.05) is 110 Å². The second-order valence-corrected chi connectivity index (χ2v) is 14.1.